The molecule has 3 aromatic rings. The van der Waals surface area contributed by atoms with Gasteiger partial charge >= 0.3 is 0 Å². The Bertz CT molecular complexity index is 1150. The minimum Gasteiger partial charge on any atom is -0.366 e. The average molecular weight is 462 g/mol. The van der Waals surface area contributed by atoms with Gasteiger partial charge in [-0.1, -0.05) is 12.1 Å². The molecule has 0 aliphatic carbocycles. The first-order valence-corrected chi connectivity index (χ1v) is 12.5. The van der Waals surface area contributed by atoms with Crippen molar-refractivity contribution in [2.24, 2.45) is 0 Å². The van der Waals surface area contributed by atoms with Crippen LogP contribution in [0.2, 0.25) is 0 Å². The van der Waals surface area contributed by atoms with Crippen LogP contribution in [0.15, 0.2) is 46.1 Å². The highest BCUT2D eigenvalue weighted by molar-refractivity contribution is 7.92. The monoisotopic (exact) mass is 461 g/mol. The second-order valence-electron chi connectivity index (χ2n) is 7.47. The lowest BCUT2D eigenvalue weighted by Crippen LogP contribution is -2.20. The second kappa shape index (κ2) is 9.29. The Morgan fingerprint density at radius 2 is 1.97 bits per heavy atom. The molecule has 1 aromatic carbocycles. The van der Waals surface area contributed by atoms with Gasteiger partial charge in [-0.15, -0.1) is 11.3 Å². The molecule has 0 spiro atoms. The van der Waals surface area contributed by atoms with Crippen molar-refractivity contribution < 1.29 is 12.8 Å². The molecular formula is C21H24FN5O2S2. The number of pyridine rings is 1. The van der Waals surface area contributed by atoms with E-state index in [4.69, 9.17) is 0 Å². The zero-order valence-corrected chi connectivity index (χ0v) is 18.8. The summed E-state index contributed by atoms with van der Waals surface area (Å²) in [6.07, 6.45) is 2.36. The molecule has 0 bridgehead atoms. The molecule has 0 radical (unpaired) electrons. The zero-order chi connectivity index (χ0) is 21.8. The maximum Gasteiger partial charge on any atom is 0.264 e. The Balaban J connectivity index is 1.48. The number of nitrogens with zero attached hydrogens (tertiary/aromatic N) is 3. The molecule has 1 saturated heterocycles. The summed E-state index contributed by atoms with van der Waals surface area (Å²) >= 11 is 1.30. The van der Waals surface area contributed by atoms with E-state index in [-0.39, 0.29) is 23.1 Å². The third kappa shape index (κ3) is 5.20. The Kier molecular flexibility index (Phi) is 6.49. The van der Waals surface area contributed by atoms with E-state index >= 15 is 0 Å². The van der Waals surface area contributed by atoms with Crippen LogP contribution in [-0.2, 0) is 23.1 Å². The molecule has 1 aliphatic rings. The molecule has 0 unspecified atom stereocenters. The van der Waals surface area contributed by atoms with Crippen LogP contribution in [-0.4, -0.2) is 36.4 Å². The topological polar surface area (TPSA) is 87.2 Å². The number of likely N-dealkylation sites (tertiary alicyclic amines) is 1. The average Bonchev–Trinajstić information content (AvgIpc) is 3.41. The summed E-state index contributed by atoms with van der Waals surface area (Å²) in [6, 6.07) is 8.23. The molecule has 1 fully saturated rings. The first-order chi connectivity index (χ1) is 14.9. The quantitative estimate of drug-likeness (QED) is 0.527. The van der Waals surface area contributed by atoms with Gasteiger partial charge in [-0.2, -0.15) is 0 Å². The van der Waals surface area contributed by atoms with Crippen molar-refractivity contribution in [1.29, 1.82) is 0 Å². The highest BCUT2D eigenvalue weighted by Crippen LogP contribution is 2.22. The van der Waals surface area contributed by atoms with Crippen molar-refractivity contribution in [3.8, 4) is 0 Å². The number of nitrogens with one attached hydrogen (secondary N) is 2. The maximum atomic E-state index is 14.5. The highest BCUT2D eigenvalue weighted by atomic mass is 32.2. The summed E-state index contributed by atoms with van der Waals surface area (Å²) in [6.45, 7) is 4.69. The fraction of sp³-hybridized carbons (Fsp3) is 0.333. The van der Waals surface area contributed by atoms with Gasteiger partial charge in [-0.05, 0) is 56.6 Å². The van der Waals surface area contributed by atoms with E-state index in [2.05, 4.69) is 24.9 Å². The molecule has 2 aromatic heterocycles. The lowest BCUT2D eigenvalue weighted by Gasteiger charge is -2.18. The number of rotatable bonds is 8. The van der Waals surface area contributed by atoms with Gasteiger partial charge in [0, 0.05) is 24.0 Å². The van der Waals surface area contributed by atoms with Crippen LogP contribution in [0.5, 0.6) is 0 Å². The molecular weight excluding hydrogens is 437 g/mol. The van der Waals surface area contributed by atoms with E-state index in [1.54, 1.807) is 29.9 Å². The number of halogens is 1. The fourth-order valence-electron chi connectivity index (χ4n) is 3.70. The molecule has 31 heavy (non-hydrogen) atoms. The van der Waals surface area contributed by atoms with Crippen LogP contribution in [0.4, 0.5) is 16.0 Å². The number of sulfonamides is 1. The van der Waals surface area contributed by atoms with Gasteiger partial charge in [0.25, 0.3) is 10.0 Å². The van der Waals surface area contributed by atoms with Crippen LogP contribution in [0.25, 0.3) is 0 Å². The second-order valence-corrected chi connectivity index (χ2v) is 9.84. The molecule has 0 saturated carbocycles. The minimum atomic E-state index is -3.79. The van der Waals surface area contributed by atoms with Crippen molar-refractivity contribution in [1.82, 2.24) is 14.9 Å². The van der Waals surface area contributed by atoms with Crippen LogP contribution in [0.1, 0.15) is 29.7 Å². The molecule has 3 heterocycles. The van der Waals surface area contributed by atoms with Crippen LogP contribution >= 0.6 is 11.3 Å². The van der Waals surface area contributed by atoms with Crippen molar-refractivity contribution in [3.63, 3.8) is 0 Å². The van der Waals surface area contributed by atoms with E-state index in [0.717, 1.165) is 25.2 Å². The summed E-state index contributed by atoms with van der Waals surface area (Å²) in [5.41, 5.74) is 3.46. The highest BCUT2D eigenvalue weighted by Gasteiger charge is 2.20. The van der Waals surface area contributed by atoms with Gasteiger partial charge in [-0.25, -0.2) is 22.8 Å². The van der Waals surface area contributed by atoms with Gasteiger partial charge in [0.1, 0.15) is 16.5 Å². The fourth-order valence-corrected chi connectivity index (χ4v) is 5.43. The molecule has 2 N–H and O–H groups in total. The molecule has 1 aliphatic heterocycles. The number of hydrogen-bond acceptors (Lipinski definition) is 7. The van der Waals surface area contributed by atoms with Gasteiger partial charge < -0.3 is 5.32 Å². The SMILES string of the molecule is Cc1nc(NCc2c(F)cccc2CN2CCCC2)ccc1S(=O)(=O)Nc1cscn1. The summed E-state index contributed by atoms with van der Waals surface area (Å²) < 4.78 is 42.2. The molecule has 7 nitrogen and oxygen atoms in total. The lowest BCUT2D eigenvalue weighted by molar-refractivity contribution is 0.329. The number of anilines is 2. The van der Waals surface area contributed by atoms with Crippen LogP contribution in [0.3, 0.4) is 0 Å². The smallest absolute Gasteiger partial charge is 0.264 e. The number of aryl methyl sites for hydroxylation is 1. The predicted octanol–water partition coefficient (Wildman–Crippen LogP) is 3.99. The third-order valence-corrected chi connectivity index (χ3v) is 7.33. The minimum absolute atomic E-state index is 0.0756. The number of aromatic nitrogens is 2. The van der Waals surface area contributed by atoms with Gasteiger partial charge in [-0.3, -0.25) is 9.62 Å². The summed E-state index contributed by atoms with van der Waals surface area (Å²) in [5, 5.41) is 4.75. The van der Waals surface area contributed by atoms with E-state index in [1.807, 2.05) is 6.07 Å². The lowest BCUT2D eigenvalue weighted by atomic mass is 10.1. The third-order valence-electron chi connectivity index (χ3n) is 5.25. The van der Waals surface area contributed by atoms with E-state index in [0.29, 0.717) is 17.1 Å². The normalized spacial score (nSPS) is 14.6. The molecule has 10 heteroatoms. The molecule has 0 atom stereocenters. The Morgan fingerprint density at radius 3 is 2.68 bits per heavy atom. The van der Waals surface area contributed by atoms with Gasteiger partial charge in [0.05, 0.1) is 11.2 Å². The number of benzene rings is 1. The van der Waals surface area contributed by atoms with Gasteiger partial charge in [0.2, 0.25) is 0 Å². The van der Waals surface area contributed by atoms with Crippen LogP contribution in [0, 0.1) is 12.7 Å². The van der Waals surface area contributed by atoms with Crippen LogP contribution < -0.4 is 10.0 Å². The maximum absolute atomic E-state index is 14.5. The van der Waals surface area contributed by atoms with E-state index in [1.165, 1.54) is 36.3 Å². The molecule has 164 valence electrons. The van der Waals surface area contributed by atoms with E-state index < -0.39 is 10.0 Å². The van der Waals surface area contributed by atoms with Crippen molar-refractivity contribution in [2.75, 3.05) is 23.1 Å². The Labute approximate surface area is 185 Å². The summed E-state index contributed by atoms with van der Waals surface area (Å²) in [7, 11) is -3.79. The standard InChI is InChI=1S/C21H24FN5O2S2/c1-15-19(31(28,29)26-21-13-30-14-24-21)7-8-20(25-15)23-11-17-16(5-4-6-18(17)22)12-27-9-2-3-10-27/h4-8,13-14,26H,2-3,9-12H2,1H3,(H,23,25). The summed E-state index contributed by atoms with van der Waals surface area (Å²) in [4.78, 5) is 10.7. The van der Waals surface area contributed by atoms with Gasteiger partial charge in [0.15, 0.2) is 5.82 Å². The largest absolute Gasteiger partial charge is 0.366 e. The Hall–Kier alpha value is -2.56. The predicted molar refractivity (Wildman–Crippen MR) is 120 cm³/mol. The van der Waals surface area contributed by atoms with Crippen molar-refractivity contribution in [3.05, 3.63) is 63.9 Å². The zero-order valence-electron chi connectivity index (χ0n) is 17.1. The summed E-state index contributed by atoms with van der Waals surface area (Å²) in [5.74, 6) is 0.504. The molecule has 0 amide bonds. The van der Waals surface area contributed by atoms with E-state index in [9.17, 15) is 12.8 Å². The number of thiazole rings is 1. The van der Waals surface area contributed by atoms with Crippen molar-refractivity contribution in [2.45, 2.75) is 37.8 Å². The Morgan fingerprint density at radius 1 is 1.16 bits per heavy atom. The molecule has 4 rings (SSSR count). The number of hydrogen-bond donors (Lipinski definition) is 2. The van der Waals surface area contributed by atoms with Crippen molar-refractivity contribution >= 4 is 33.0 Å². The first kappa shape index (κ1) is 21.7. The first-order valence-electron chi connectivity index (χ1n) is 10.0.